The van der Waals surface area contributed by atoms with Crippen LogP contribution in [0.15, 0.2) is 0 Å². The number of hydrogen-bond acceptors (Lipinski definition) is 2. The smallest absolute Gasteiger partial charge is 0.0243 e. The molecule has 1 saturated heterocycles. The first-order chi connectivity index (χ1) is 8.07. The Hall–Kier alpha value is -0.0800. The molecule has 1 atom stereocenters. The summed E-state index contributed by atoms with van der Waals surface area (Å²) >= 11 is 0. The third-order valence-corrected chi connectivity index (χ3v) is 4.57. The highest BCUT2D eigenvalue weighted by molar-refractivity contribution is 4.88. The van der Waals surface area contributed by atoms with Crippen LogP contribution < -0.4 is 5.32 Å². The van der Waals surface area contributed by atoms with Gasteiger partial charge in [0.25, 0.3) is 0 Å². The molecule has 0 amide bonds. The lowest BCUT2D eigenvalue weighted by Gasteiger charge is -2.38. The molecule has 2 rings (SSSR count). The van der Waals surface area contributed by atoms with Gasteiger partial charge in [-0.3, -0.25) is 4.90 Å². The van der Waals surface area contributed by atoms with Crippen molar-refractivity contribution in [3.63, 3.8) is 0 Å². The Bertz CT molecular complexity index is 226. The minimum atomic E-state index is 0.386. The van der Waals surface area contributed by atoms with Gasteiger partial charge < -0.3 is 5.32 Å². The molecule has 2 heteroatoms. The molecule has 2 nitrogen and oxygen atoms in total. The van der Waals surface area contributed by atoms with E-state index in [9.17, 15) is 0 Å². The van der Waals surface area contributed by atoms with Gasteiger partial charge in [0.2, 0.25) is 0 Å². The lowest BCUT2D eigenvalue weighted by atomic mass is 9.85. The molecule has 17 heavy (non-hydrogen) atoms. The zero-order valence-electron chi connectivity index (χ0n) is 12.0. The number of rotatable bonds is 1. The molecule has 1 saturated carbocycles. The molecule has 1 unspecified atom stereocenters. The van der Waals surface area contributed by atoms with E-state index < -0.39 is 0 Å². The van der Waals surface area contributed by atoms with Crippen molar-refractivity contribution in [3.8, 4) is 0 Å². The molecule has 1 aliphatic heterocycles. The highest BCUT2D eigenvalue weighted by atomic mass is 15.2. The molecule has 0 bridgehead atoms. The fourth-order valence-electron chi connectivity index (χ4n) is 3.31. The highest BCUT2D eigenvalue weighted by Gasteiger charge is 2.31. The first-order valence-corrected chi connectivity index (χ1v) is 7.55. The van der Waals surface area contributed by atoms with E-state index in [1.54, 1.807) is 0 Å². The Balaban J connectivity index is 1.96. The minimum Gasteiger partial charge on any atom is -0.312 e. The van der Waals surface area contributed by atoms with Gasteiger partial charge in [-0.05, 0) is 37.8 Å². The molecule has 1 N–H and O–H groups in total. The molecular weight excluding hydrogens is 208 g/mol. The maximum Gasteiger partial charge on any atom is 0.0243 e. The van der Waals surface area contributed by atoms with E-state index in [1.165, 1.54) is 58.2 Å². The molecule has 0 spiro atoms. The molecule has 0 aromatic heterocycles. The van der Waals surface area contributed by atoms with E-state index in [1.807, 2.05) is 0 Å². The average Bonchev–Trinajstić information content (AvgIpc) is 2.55. The van der Waals surface area contributed by atoms with Gasteiger partial charge >= 0.3 is 0 Å². The van der Waals surface area contributed by atoms with E-state index in [0.717, 1.165) is 6.04 Å². The van der Waals surface area contributed by atoms with Crippen LogP contribution in [0.4, 0.5) is 0 Å². The van der Waals surface area contributed by atoms with E-state index in [4.69, 9.17) is 0 Å². The van der Waals surface area contributed by atoms with Crippen molar-refractivity contribution in [1.82, 2.24) is 10.2 Å². The monoisotopic (exact) mass is 238 g/mol. The van der Waals surface area contributed by atoms with E-state index in [2.05, 4.69) is 31.0 Å². The summed E-state index contributed by atoms with van der Waals surface area (Å²) in [5, 5.41) is 3.75. The van der Waals surface area contributed by atoms with Crippen LogP contribution in [0, 0.1) is 5.41 Å². The van der Waals surface area contributed by atoms with Crippen LogP contribution in [-0.2, 0) is 0 Å². The summed E-state index contributed by atoms with van der Waals surface area (Å²) in [7, 11) is 0. The summed E-state index contributed by atoms with van der Waals surface area (Å²) in [6.07, 6.45) is 8.58. The van der Waals surface area contributed by atoms with E-state index in [0.29, 0.717) is 11.5 Å². The standard InChI is InChI=1S/C15H30N2/c1-15(2,3)14-12-17(11-7-10-16-14)13-8-5-4-6-9-13/h13-14,16H,4-12H2,1-3H3. The normalized spacial score (nSPS) is 30.2. The van der Waals surface area contributed by atoms with Gasteiger partial charge in [0.05, 0.1) is 0 Å². The van der Waals surface area contributed by atoms with Crippen LogP contribution in [0.2, 0.25) is 0 Å². The Labute approximate surface area is 107 Å². The predicted molar refractivity (Wildman–Crippen MR) is 74.3 cm³/mol. The summed E-state index contributed by atoms with van der Waals surface area (Å²) in [6, 6.07) is 1.54. The van der Waals surface area contributed by atoms with Crippen molar-refractivity contribution in [1.29, 1.82) is 0 Å². The van der Waals surface area contributed by atoms with Crippen molar-refractivity contribution in [2.24, 2.45) is 5.41 Å². The van der Waals surface area contributed by atoms with Gasteiger partial charge in [0, 0.05) is 18.6 Å². The molecule has 2 fully saturated rings. The topological polar surface area (TPSA) is 15.3 Å². The van der Waals surface area contributed by atoms with Crippen molar-refractivity contribution in [2.75, 3.05) is 19.6 Å². The number of hydrogen-bond donors (Lipinski definition) is 1. The first kappa shape index (κ1) is 13.4. The second-order valence-corrected chi connectivity index (χ2v) is 7.01. The minimum absolute atomic E-state index is 0.386. The van der Waals surface area contributed by atoms with Crippen LogP contribution in [0.3, 0.4) is 0 Å². The lowest BCUT2D eigenvalue weighted by molar-refractivity contribution is 0.127. The van der Waals surface area contributed by atoms with Crippen molar-refractivity contribution < 1.29 is 0 Å². The molecule has 1 aliphatic carbocycles. The lowest BCUT2D eigenvalue weighted by Crippen LogP contribution is -2.49. The number of nitrogens with zero attached hydrogens (tertiary/aromatic N) is 1. The van der Waals surface area contributed by atoms with Gasteiger partial charge in [0.1, 0.15) is 0 Å². The van der Waals surface area contributed by atoms with Crippen molar-refractivity contribution in [3.05, 3.63) is 0 Å². The van der Waals surface area contributed by atoms with Crippen LogP contribution >= 0.6 is 0 Å². The Morgan fingerprint density at radius 3 is 2.35 bits per heavy atom. The molecule has 2 aliphatic rings. The molecule has 1 heterocycles. The largest absolute Gasteiger partial charge is 0.312 e. The SMILES string of the molecule is CC(C)(C)C1CN(C2CCCCC2)CCCN1. The molecule has 0 aromatic carbocycles. The predicted octanol–water partition coefficient (Wildman–Crippen LogP) is 3.03. The fraction of sp³-hybridized carbons (Fsp3) is 1.00. The molecule has 0 radical (unpaired) electrons. The summed E-state index contributed by atoms with van der Waals surface area (Å²) in [5.74, 6) is 0. The third kappa shape index (κ3) is 3.69. The van der Waals surface area contributed by atoms with Gasteiger partial charge in [0.15, 0.2) is 0 Å². The molecular formula is C15H30N2. The zero-order valence-corrected chi connectivity index (χ0v) is 12.0. The number of nitrogens with one attached hydrogen (secondary N) is 1. The average molecular weight is 238 g/mol. The van der Waals surface area contributed by atoms with Gasteiger partial charge in [-0.15, -0.1) is 0 Å². The summed E-state index contributed by atoms with van der Waals surface area (Å²) in [4.78, 5) is 2.79. The fourth-order valence-corrected chi connectivity index (χ4v) is 3.31. The highest BCUT2D eigenvalue weighted by Crippen LogP contribution is 2.27. The van der Waals surface area contributed by atoms with Crippen molar-refractivity contribution in [2.45, 2.75) is 71.4 Å². The Kier molecular flexibility index (Phi) is 4.48. The molecule has 100 valence electrons. The summed E-state index contributed by atoms with van der Waals surface area (Å²) in [6.45, 7) is 10.9. The second-order valence-electron chi connectivity index (χ2n) is 7.01. The van der Waals surface area contributed by atoms with E-state index in [-0.39, 0.29) is 0 Å². The van der Waals surface area contributed by atoms with Crippen molar-refractivity contribution >= 4 is 0 Å². The van der Waals surface area contributed by atoms with E-state index >= 15 is 0 Å². The second kappa shape index (κ2) is 5.71. The first-order valence-electron chi connectivity index (χ1n) is 7.55. The molecule has 0 aromatic rings. The summed E-state index contributed by atoms with van der Waals surface area (Å²) in [5.41, 5.74) is 0.386. The van der Waals surface area contributed by atoms with Gasteiger partial charge in [-0.2, -0.15) is 0 Å². The van der Waals surface area contributed by atoms with Crippen LogP contribution in [-0.4, -0.2) is 36.6 Å². The van der Waals surface area contributed by atoms with Gasteiger partial charge in [-0.1, -0.05) is 40.0 Å². The third-order valence-electron chi connectivity index (χ3n) is 4.57. The maximum atomic E-state index is 3.75. The summed E-state index contributed by atoms with van der Waals surface area (Å²) < 4.78 is 0. The Morgan fingerprint density at radius 2 is 1.71 bits per heavy atom. The zero-order chi connectivity index (χ0) is 12.3. The van der Waals surface area contributed by atoms with Crippen LogP contribution in [0.1, 0.15) is 59.3 Å². The van der Waals surface area contributed by atoms with Crippen LogP contribution in [0.25, 0.3) is 0 Å². The van der Waals surface area contributed by atoms with Crippen LogP contribution in [0.5, 0.6) is 0 Å². The maximum absolute atomic E-state index is 3.75. The Morgan fingerprint density at radius 1 is 1.00 bits per heavy atom. The van der Waals surface area contributed by atoms with Gasteiger partial charge in [-0.25, -0.2) is 0 Å². The quantitative estimate of drug-likeness (QED) is 0.755.